The van der Waals surface area contributed by atoms with Crippen molar-refractivity contribution in [1.29, 1.82) is 0 Å². The Kier molecular flexibility index (Phi) is 8.36. The first-order valence-corrected chi connectivity index (χ1v) is 8.23. The molecule has 0 spiro atoms. The molecule has 0 aromatic heterocycles. The normalized spacial score (nSPS) is 13.4. The molecule has 1 saturated heterocycles. The van der Waals surface area contributed by atoms with E-state index in [4.69, 9.17) is 17.3 Å². The van der Waals surface area contributed by atoms with Crippen LogP contribution in [-0.2, 0) is 0 Å². The van der Waals surface area contributed by atoms with Gasteiger partial charge in [-0.05, 0) is 49.6 Å². The van der Waals surface area contributed by atoms with Gasteiger partial charge in [0.1, 0.15) is 0 Å². The summed E-state index contributed by atoms with van der Waals surface area (Å²) in [6.07, 6.45) is 3.64. The van der Waals surface area contributed by atoms with Gasteiger partial charge in [0.15, 0.2) is 0 Å². The van der Waals surface area contributed by atoms with Gasteiger partial charge < -0.3 is 16.0 Å². The third-order valence-electron chi connectivity index (χ3n) is 4.09. The van der Waals surface area contributed by atoms with Gasteiger partial charge in [-0.15, -0.1) is 24.8 Å². The number of hydrogen-bond donors (Lipinski definition) is 2. The first kappa shape index (κ1) is 21.4. The number of carbonyl (C=O) groups is 1. The van der Waals surface area contributed by atoms with Gasteiger partial charge in [-0.25, -0.2) is 0 Å². The lowest BCUT2D eigenvalue weighted by Gasteiger charge is -2.30. The molecule has 1 heterocycles. The summed E-state index contributed by atoms with van der Waals surface area (Å²) >= 11 is 6.13. The number of nitrogens with one attached hydrogen (secondary N) is 1. The number of halogens is 3. The molecule has 1 amide bonds. The topological polar surface area (TPSA) is 58.4 Å². The van der Waals surface area contributed by atoms with Crippen molar-refractivity contribution < 1.29 is 4.79 Å². The number of anilines is 3. The standard InChI is InChI=1S/C18H20ClN3O.2ClH/c19-15-12-13(20)8-9-14(15)18(23)21-16-6-2-3-7-17(16)22-10-4-1-5-11-22;;/h2-3,6-9,12H,1,4-5,10-11,20H2,(H,21,23);2*1H. The van der Waals surface area contributed by atoms with Gasteiger partial charge in [-0.1, -0.05) is 23.7 Å². The molecule has 2 aromatic carbocycles. The predicted octanol–water partition coefficient (Wildman–Crippen LogP) is 5.01. The maximum atomic E-state index is 12.5. The van der Waals surface area contributed by atoms with Gasteiger partial charge in [0, 0.05) is 18.8 Å². The first-order valence-electron chi connectivity index (χ1n) is 7.85. The number of piperidine rings is 1. The molecule has 2 aromatic rings. The van der Waals surface area contributed by atoms with Crippen LogP contribution in [0.25, 0.3) is 0 Å². The minimum Gasteiger partial charge on any atom is -0.399 e. The average Bonchev–Trinajstić information content (AvgIpc) is 2.56. The summed E-state index contributed by atoms with van der Waals surface area (Å²) in [5.41, 5.74) is 8.52. The van der Waals surface area contributed by atoms with Gasteiger partial charge >= 0.3 is 0 Å². The van der Waals surface area contributed by atoms with E-state index in [9.17, 15) is 4.79 Å². The summed E-state index contributed by atoms with van der Waals surface area (Å²) in [5.74, 6) is -0.223. The highest BCUT2D eigenvalue weighted by molar-refractivity contribution is 6.34. The molecule has 0 unspecified atom stereocenters. The van der Waals surface area contributed by atoms with Gasteiger partial charge in [-0.2, -0.15) is 0 Å². The fourth-order valence-corrected chi connectivity index (χ4v) is 3.17. The Balaban J connectivity index is 0.00000156. The zero-order valence-electron chi connectivity index (χ0n) is 13.7. The highest BCUT2D eigenvalue weighted by Gasteiger charge is 2.17. The van der Waals surface area contributed by atoms with Crippen LogP contribution < -0.4 is 16.0 Å². The van der Waals surface area contributed by atoms with Crippen molar-refractivity contribution in [2.24, 2.45) is 0 Å². The Hall–Kier alpha value is -1.62. The van der Waals surface area contributed by atoms with Crippen LogP contribution in [0.5, 0.6) is 0 Å². The minimum atomic E-state index is -0.223. The fraction of sp³-hybridized carbons (Fsp3) is 0.278. The van der Waals surface area contributed by atoms with Crippen LogP contribution in [0.1, 0.15) is 29.6 Å². The van der Waals surface area contributed by atoms with Crippen molar-refractivity contribution in [2.45, 2.75) is 19.3 Å². The molecule has 3 N–H and O–H groups in total. The number of para-hydroxylation sites is 2. The molecule has 1 aliphatic rings. The van der Waals surface area contributed by atoms with E-state index in [1.807, 2.05) is 24.3 Å². The molecule has 0 bridgehead atoms. The number of nitrogens with two attached hydrogens (primary N) is 1. The third-order valence-corrected chi connectivity index (χ3v) is 4.40. The summed E-state index contributed by atoms with van der Waals surface area (Å²) in [5, 5.41) is 3.34. The lowest BCUT2D eigenvalue weighted by Crippen LogP contribution is -2.30. The minimum absolute atomic E-state index is 0. The summed E-state index contributed by atoms with van der Waals surface area (Å²) in [6, 6.07) is 12.8. The summed E-state index contributed by atoms with van der Waals surface area (Å²) in [4.78, 5) is 14.8. The molecule has 1 fully saturated rings. The predicted molar refractivity (Wildman–Crippen MR) is 111 cm³/mol. The molecule has 0 radical (unpaired) electrons. The van der Waals surface area contributed by atoms with E-state index in [1.165, 1.54) is 19.3 Å². The largest absolute Gasteiger partial charge is 0.399 e. The van der Waals surface area contributed by atoms with E-state index in [1.54, 1.807) is 18.2 Å². The zero-order valence-corrected chi connectivity index (χ0v) is 16.1. The second-order valence-electron chi connectivity index (χ2n) is 5.76. The highest BCUT2D eigenvalue weighted by atomic mass is 35.5. The number of rotatable bonds is 3. The SMILES string of the molecule is Cl.Cl.Nc1ccc(C(=O)Nc2ccccc2N2CCCCC2)c(Cl)c1. The van der Waals surface area contributed by atoms with Crippen LogP contribution in [0.15, 0.2) is 42.5 Å². The fourth-order valence-electron chi connectivity index (χ4n) is 2.90. The Morgan fingerprint density at radius 2 is 1.72 bits per heavy atom. The Morgan fingerprint density at radius 1 is 1.04 bits per heavy atom. The molecule has 4 nitrogen and oxygen atoms in total. The molecule has 0 atom stereocenters. The highest BCUT2D eigenvalue weighted by Crippen LogP contribution is 2.29. The molecule has 0 aliphatic carbocycles. The smallest absolute Gasteiger partial charge is 0.257 e. The maximum absolute atomic E-state index is 12.5. The number of nitrogen functional groups attached to an aromatic ring is 1. The van der Waals surface area contributed by atoms with Crippen molar-refractivity contribution in [1.82, 2.24) is 0 Å². The number of amides is 1. The second kappa shape index (κ2) is 9.76. The van der Waals surface area contributed by atoms with Crippen LogP contribution in [0.4, 0.5) is 17.1 Å². The Morgan fingerprint density at radius 3 is 2.40 bits per heavy atom. The van der Waals surface area contributed by atoms with Crippen LogP contribution in [0.2, 0.25) is 5.02 Å². The van der Waals surface area contributed by atoms with Crippen molar-refractivity contribution >= 4 is 59.4 Å². The van der Waals surface area contributed by atoms with Gasteiger partial charge in [0.2, 0.25) is 0 Å². The van der Waals surface area contributed by atoms with Crippen molar-refractivity contribution in [2.75, 3.05) is 29.0 Å². The van der Waals surface area contributed by atoms with E-state index in [0.29, 0.717) is 16.3 Å². The van der Waals surface area contributed by atoms with Gasteiger partial charge in [0.25, 0.3) is 5.91 Å². The molecule has 136 valence electrons. The van der Waals surface area contributed by atoms with Crippen molar-refractivity contribution in [3.8, 4) is 0 Å². The lowest BCUT2D eigenvalue weighted by atomic mass is 10.1. The van der Waals surface area contributed by atoms with Crippen molar-refractivity contribution in [3.63, 3.8) is 0 Å². The first-order chi connectivity index (χ1) is 11.1. The molecular formula is C18H22Cl3N3O. The van der Waals surface area contributed by atoms with E-state index in [-0.39, 0.29) is 30.7 Å². The summed E-state index contributed by atoms with van der Waals surface area (Å²) in [6.45, 7) is 2.05. The maximum Gasteiger partial charge on any atom is 0.257 e. The van der Waals surface area contributed by atoms with Gasteiger partial charge in [-0.3, -0.25) is 4.79 Å². The van der Waals surface area contributed by atoms with Crippen LogP contribution in [0, 0.1) is 0 Å². The number of carbonyl (C=O) groups excluding carboxylic acids is 1. The molecule has 3 rings (SSSR count). The van der Waals surface area contributed by atoms with E-state index in [2.05, 4.69) is 10.2 Å². The second-order valence-corrected chi connectivity index (χ2v) is 6.17. The quantitative estimate of drug-likeness (QED) is 0.710. The van der Waals surface area contributed by atoms with E-state index >= 15 is 0 Å². The average molecular weight is 403 g/mol. The summed E-state index contributed by atoms with van der Waals surface area (Å²) in [7, 11) is 0. The number of nitrogens with zero attached hydrogens (tertiary/aromatic N) is 1. The molecule has 0 saturated carbocycles. The summed E-state index contributed by atoms with van der Waals surface area (Å²) < 4.78 is 0. The molecule has 1 aliphatic heterocycles. The Bertz CT molecular complexity index is 718. The number of benzene rings is 2. The molecule has 7 heteroatoms. The monoisotopic (exact) mass is 401 g/mol. The van der Waals surface area contributed by atoms with Crippen LogP contribution >= 0.6 is 36.4 Å². The van der Waals surface area contributed by atoms with E-state index < -0.39 is 0 Å². The van der Waals surface area contributed by atoms with Crippen LogP contribution in [-0.4, -0.2) is 19.0 Å². The third kappa shape index (κ3) is 5.18. The lowest BCUT2D eigenvalue weighted by molar-refractivity contribution is 0.102. The van der Waals surface area contributed by atoms with Crippen molar-refractivity contribution in [3.05, 3.63) is 53.1 Å². The molecule has 25 heavy (non-hydrogen) atoms. The van der Waals surface area contributed by atoms with E-state index in [0.717, 1.165) is 24.5 Å². The van der Waals surface area contributed by atoms with Crippen LogP contribution in [0.3, 0.4) is 0 Å². The zero-order chi connectivity index (χ0) is 16.2. The number of hydrogen-bond acceptors (Lipinski definition) is 3. The Labute approximate surface area is 165 Å². The molecular weight excluding hydrogens is 381 g/mol. The van der Waals surface area contributed by atoms with Gasteiger partial charge in [0.05, 0.1) is 22.0 Å².